The maximum absolute atomic E-state index is 14.6. The zero-order valence-corrected chi connectivity index (χ0v) is 15.2. The average Bonchev–Trinajstić information content (AvgIpc) is 3.12. The van der Waals surface area contributed by atoms with Gasteiger partial charge in [-0.3, -0.25) is 4.79 Å². The number of hydrogen-bond acceptors (Lipinski definition) is 2. The van der Waals surface area contributed by atoms with Crippen LogP contribution < -0.4 is 4.90 Å². The van der Waals surface area contributed by atoms with Gasteiger partial charge >= 0.3 is 0 Å². The number of carbonyl (C=O) groups excluding carboxylic acids is 1. The van der Waals surface area contributed by atoms with E-state index in [9.17, 15) is 13.6 Å². The highest BCUT2D eigenvalue weighted by molar-refractivity contribution is 5.98. The van der Waals surface area contributed by atoms with Gasteiger partial charge in [-0.15, -0.1) is 0 Å². The molecular weight excluding hydrogens is 348 g/mol. The molecule has 6 rings (SSSR count). The van der Waals surface area contributed by atoms with E-state index in [1.807, 2.05) is 0 Å². The standard InChI is InChI=1S/C22H23F2NO2/c23-17-3-4-20(19(24)9-17)25(13-18-2-1-5-27-18)21(26)22-10-14-6-15(11-22)8-16(7-14)12-22/h1-5,9,14-16H,6-8,10-13H2. The Morgan fingerprint density at radius 2 is 1.74 bits per heavy atom. The van der Waals surface area contributed by atoms with Crippen LogP contribution in [0, 0.1) is 34.8 Å². The second-order valence-electron chi connectivity index (χ2n) is 8.76. The van der Waals surface area contributed by atoms with Gasteiger partial charge in [-0.1, -0.05) is 0 Å². The van der Waals surface area contributed by atoms with Crippen molar-refractivity contribution in [3.63, 3.8) is 0 Å². The van der Waals surface area contributed by atoms with Gasteiger partial charge in [0.25, 0.3) is 0 Å². The van der Waals surface area contributed by atoms with Crippen LogP contribution in [0.4, 0.5) is 14.5 Å². The lowest BCUT2D eigenvalue weighted by Gasteiger charge is -2.56. The number of nitrogens with zero attached hydrogens (tertiary/aromatic N) is 1. The summed E-state index contributed by atoms with van der Waals surface area (Å²) in [4.78, 5) is 15.3. The van der Waals surface area contributed by atoms with Crippen molar-refractivity contribution in [1.29, 1.82) is 0 Å². The Morgan fingerprint density at radius 3 is 2.30 bits per heavy atom. The zero-order valence-electron chi connectivity index (χ0n) is 15.2. The van der Waals surface area contributed by atoms with Gasteiger partial charge in [-0.05, 0) is 80.5 Å². The number of furan rings is 1. The second kappa shape index (κ2) is 6.18. The lowest BCUT2D eigenvalue weighted by atomic mass is 9.49. The minimum atomic E-state index is -0.709. The number of carbonyl (C=O) groups is 1. The van der Waals surface area contributed by atoms with Crippen LogP contribution in [0.2, 0.25) is 0 Å². The molecular formula is C22H23F2NO2. The van der Waals surface area contributed by atoms with Crippen molar-refractivity contribution in [2.75, 3.05) is 4.90 Å². The Bertz CT molecular complexity index is 826. The Kier molecular flexibility index (Phi) is 3.88. The van der Waals surface area contributed by atoms with Crippen molar-refractivity contribution in [2.45, 2.75) is 45.1 Å². The highest BCUT2D eigenvalue weighted by Gasteiger charge is 2.56. The third kappa shape index (κ3) is 2.88. The molecule has 142 valence electrons. The van der Waals surface area contributed by atoms with E-state index in [0.717, 1.165) is 25.3 Å². The molecule has 1 amide bonds. The van der Waals surface area contributed by atoms with Crippen molar-refractivity contribution >= 4 is 11.6 Å². The Hall–Kier alpha value is -2.17. The number of hydrogen-bond donors (Lipinski definition) is 0. The van der Waals surface area contributed by atoms with Crippen LogP contribution in [-0.4, -0.2) is 5.91 Å². The molecule has 5 heteroatoms. The van der Waals surface area contributed by atoms with E-state index in [-0.39, 0.29) is 18.1 Å². The summed E-state index contributed by atoms with van der Waals surface area (Å²) in [5.41, 5.74) is -0.268. The average molecular weight is 371 g/mol. The van der Waals surface area contributed by atoms with Crippen LogP contribution in [0.15, 0.2) is 41.0 Å². The van der Waals surface area contributed by atoms with Crippen molar-refractivity contribution in [3.8, 4) is 0 Å². The fourth-order valence-electron chi connectivity index (χ4n) is 6.18. The summed E-state index contributed by atoms with van der Waals surface area (Å²) >= 11 is 0. The minimum absolute atomic E-state index is 0.0245. The molecule has 1 aromatic heterocycles. The highest BCUT2D eigenvalue weighted by atomic mass is 19.1. The summed E-state index contributed by atoms with van der Waals surface area (Å²) in [5, 5.41) is 0. The number of amides is 1. The number of rotatable bonds is 4. The van der Waals surface area contributed by atoms with Crippen molar-refractivity contribution in [2.24, 2.45) is 23.2 Å². The molecule has 4 saturated carbocycles. The smallest absolute Gasteiger partial charge is 0.233 e. The summed E-state index contributed by atoms with van der Waals surface area (Å²) in [5.74, 6) is 1.06. The summed E-state index contributed by atoms with van der Waals surface area (Å²) in [6.07, 6.45) is 7.94. The summed E-state index contributed by atoms with van der Waals surface area (Å²) < 4.78 is 33.5. The van der Waals surface area contributed by atoms with Gasteiger partial charge in [0, 0.05) is 6.07 Å². The molecule has 4 fully saturated rings. The van der Waals surface area contributed by atoms with Crippen LogP contribution in [0.3, 0.4) is 0 Å². The lowest BCUT2D eigenvalue weighted by Crippen LogP contribution is -2.54. The summed E-state index contributed by atoms with van der Waals surface area (Å²) in [7, 11) is 0. The van der Waals surface area contributed by atoms with Crippen LogP contribution in [-0.2, 0) is 11.3 Å². The highest BCUT2D eigenvalue weighted by Crippen LogP contribution is 2.60. The first-order chi connectivity index (χ1) is 13.0. The van der Waals surface area contributed by atoms with Gasteiger partial charge < -0.3 is 9.32 Å². The van der Waals surface area contributed by atoms with Gasteiger partial charge in [0.15, 0.2) is 0 Å². The SMILES string of the molecule is O=C(N(Cc1ccco1)c1ccc(F)cc1F)C12CC3CC(CC(C3)C1)C2. The number of anilines is 1. The fourth-order valence-corrected chi connectivity index (χ4v) is 6.18. The van der Waals surface area contributed by atoms with Gasteiger partial charge in [-0.2, -0.15) is 0 Å². The van der Waals surface area contributed by atoms with E-state index >= 15 is 0 Å². The molecule has 1 aromatic carbocycles. The third-order valence-electron chi connectivity index (χ3n) is 6.83. The van der Waals surface area contributed by atoms with Crippen LogP contribution in [0.1, 0.15) is 44.3 Å². The molecule has 1 heterocycles. The predicted octanol–water partition coefficient (Wildman–Crippen LogP) is 5.31. The van der Waals surface area contributed by atoms with Gasteiger partial charge in [-0.25, -0.2) is 8.78 Å². The zero-order chi connectivity index (χ0) is 18.6. The van der Waals surface area contributed by atoms with Crippen molar-refractivity contribution < 1.29 is 18.0 Å². The van der Waals surface area contributed by atoms with E-state index in [1.54, 1.807) is 18.4 Å². The van der Waals surface area contributed by atoms with E-state index in [0.29, 0.717) is 23.5 Å². The molecule has 0 aliphatic heterocycles. The van der Waals surface area contributed by atoms with Crippen LogP contribution in [0.5, 0.6) is 0 Å². The normalized spacial score (nSPS) is 31.3. The fraction of sp³-hybridized carbons (Fsp3) is 0.500. The summed E-state index contributed by atoms with van der Waals surface area (Å²) in [6, 6.07) is 6.95. The van der Waals surface area contributed by atoms with Gasteiger partial charge in [0.2, 0.25) is 5.91 Å². The van der Waals surface area contributed by atoms with Gasteiger partial charge in [0.05, 0.1) is 23.9 Å². The number of benzene rings is 1. The molecule has 0 radical (unpaired) electrons. The molecule has 0 atom stereocenters. The van der Waals surface area contributed by atoms with E-state index in [1.165, 1.54) is 36.3 Å². The second-order valence-corrected chi connectivity index (χ2v) is 8.76. The molecule has 4 aliphatic carbocycles. The first-order valence-electron chi connectivity index (χ1n) is 9.82. The first-order valence-corrected chi connectivity index (χ1v) is 9.82. The van der Waals surface area contributed by atoms with Crippen LogP contribution >= 0.6 is 0 Å². The number of halogens is 2. The molecule has 0 spiro atoms. The molecule has 4 bridgehead atoms. The minimum Gasteiger partial charge on any atom is -0.467 e. The molecule has 0 N–H and O–H groups in total. The van der Waals surface area contributed by atoms with E-state index in [4.69, 9.17) is 4.42 Å². The summed E-state index contributed by atoms with van der Waals surface area (Å²) in [6.45, 7) is 0.163. The topological polar surface area (TPSA) is 33.5 Å². The molecule has 3 nitrogen and oxygen atoms in total. The molecule has 27 heavy (non-hydrogen) atoms. The quantitative estimate of drug-likeness (QED) is 0.730. The van der Waals surface area contributed by atoms with Crippen LogP contribution in [0.25, 0.3) is 0 Å². The van der Waals surface area contributed by atoms with E-state index in [2.05, 4.69) is 0 Å². The molecule has 0 saturated heterocycles. The molecule has 2 aromatic rings. The maximum Gasteiger partial charge on any atom is 0.233 e. The van der Waals surface area contributed by atoms with E-state index < -0.39 is 17.0 Å². The predicted molar refractivity (Wildman–Crippen MR) is 96.9 cm³/mol. The monoisotopic (exact) mass is 371 g/mol. The van der Waals surface area contributed by atoms with Gasteiger partial charge in [0.1, 0.15) is 17.4 Å². The maximum atomic E-state index is 14.6. The Balaban J connectivity index is 1.53. The first kappa shape index (κ1) is 17.0. The molecule has 4 aliphatic rings. The third-order valence-corrected chi connectivity index (χ3v) is 6.83. The Labute approximate surface area is 157 Å². The lowest BCUT2D eigenvalue weighted by molar-refractivity contribution is -0.143. The largest absolute Gasteiger partial charge is 0.467 e. The Morgan fingerprint density at radius 1 is 1.07 bits per heavy atom. The molecule has 0 unspecified atom stereocenters. The van der Waals surface area contributed by atoms with Crippen molar-refractivity contribution in [3.05, 3.63) is 54.0 Å². The van der Waals surface area contributed by atoms with Crippen molar-refractivity contribution in [1.82, 2.24) is 0 Å².